The van der Waals surface area contributed by atoms with Gasteiger partial charge in [-0.2, -0.15) is 0 Å². The fourth-order valence-corrected chi connectivity index (χ4v) is 4.08. The van der Waals surface area contributed by atoms with Crippen molar-refractivity contribution in [2.24, 2.45) is 0 Å². The van der Waals surface area contributed by atoms with Gasteiger partial charge in [-0.3, -0.25) is 4.79 Å². The molecule has 2 aromatic heterocycles. The normalized spacial score (nSPS) is 13.7. The van der Waals surface area contributed by atoms with Gasteiger partial charge in [-0.1, -0.05) is 48.5 Å². The van der Waals surface area contributed by atoms with Crippen molar-refractivity contribution >= 4 is 16.8 Å². The smallest absolute Gasteiger partial charge is 0.289 e. The molecular weight excluding hydrogens is 336 g/mol. The van der Waals surface area contributed by atoms with Gasteiger partial charge in [0.15, 0.2) is 5.76 Å². The summed E-state index contributed by atoms with van der Waals surface area (Å²) in [6.45, 7) is 2.18. The number of aromatic nitrogens is 1. The summed E-state index contributed by atoms with van der Waals surface area (Å²) in [6.07, 6.45) is 2.40. The maximum Gasteiger partial charge on any atom is 0.289 e. The van der Waals surface area contributed by atoms with Crippen LogP contribution in [0.5, 0.6) is 0 Å². The van der Waals surface area contributed by atoms with Crippen molar-refractivity contribution in [3.05, 3.63) is 95.6 Å². The maximum absolute atomic E-state index is 12.7. The van der Waals surface area contributed by atoms with Gasteiger partial charge in [-0.05, 0) is 23.8 Å². The number of carbonyl (C=O) groups excluding carboxylic acids is 1. The Bertz CT molecular complexity index is 1090. The van der Waals surface area contributed by atoms with Crippen LogP contribution in [0.4, 0.5) is 0 Å². The van der Waals surface area contributed by atoms with Crippen molar-refractivity contribution in [3.63, 3.8) is 0 Å². The lowest BCUT2D eigenvalue weighted by atomic mass is 10.0. The van der Waals surface area contributed by atoms with Crippen LogP contribution in [0.2, 0.25) is 0 Å². The quantitative estimate of drug-likeness (QED) is 0.543. The predicted octanol–water partition coefficient (Wildman–Crippen LogP) is 4.48. The lowest BCUT2D eigenvalue weighted by Crippen LogP contribution is -2.36. The van der Waals surface area contributed by atoms with Gasteiger partial charge in [0.1, 0.15) is 0 Å². The van der Waals surface area contributed by atoms with Gasteiger partial charge in [0, 0.05) is 48.2 Å². The molecule has 0 radical (unpaired) electrons. The lowest BCUT2D eigenvalue weighted by Gasteiger charge is -2.27. The van der Waals surface area contributed by atoms with E-state index in [1.54, 1.807) is 18.4 Å². The molecule has 27 heavy (non-hydrogen) atoms. The Morgan fingerprint density at radius 1 is 0.963 bits per heavy atom. The molecule has 0 saturated carbocycles. The van der Waals surface area contributed by atoms with Crippen LogP contribution in [0, 0.1) is 0 Å². The summed E-state index contributed by atoms with van der Waals surface area (Å²) in [5.74, 6) is 0.372. The number of hydrogen-bond acceptors (Lipinski definition) is 2. The van der Waals surface area contributed by atoms with E-state index in [0.717, 1.165) is 13.0 Å². The first-order valence-corrected chi connectivity index (χ1v) is 9.27. The topological polar surface area (TPSA) is 38.4 Å². The van der Waals surface area contributed by atoms with E-state index in [-0.39, 0.29) is 5.91 Å². The second kappa shape index (κ2) is 6.47. The molecule has 0 unspecified atom stereocenters. The van der Waals surface area contributed by atoms with Crippen LogP contribution in [0.3, 0.4) is 0 Å². The molecule has 4 heteroatoms. The summed E-state index contributed by atoms with van der Waals surface area (Å²) in [6, 6.07) is 22.5. The van der Waals surface area contributed by atoms with Gasteiger partial charge in [-0.15, -0.1) is 0 Å². The standard InChI is InChI=1S/C23H20N2O2/c26-23(22-11-6-14-27-22)24-13-12-21-19(16-24)18-9-4-5-10-20(18)25(21)15-17-7-2-1-3-8-17/h1-11,14H,12-13,15-16H2. The van der Waals surface area contributed by atoms with Crippen LogP contribution >= 0.6 is 0 Å². The lowest BCUT2D eigenvalue weighted by molar-refractivity contribution is 0.0702. The monoisotopic (exact) mass is 356 g/mol. The molecule has 4 aromatic rings. The summed E-state index contributed by atoms with van der Waals surface area (Å²) in [7, 11) is 0. The van der Waals surface area contributed by atoms with Crippen molar-refractivity contribution in [1.82, 2.24) is 9.47 Å². The average Bonchev–Trinajstić information content (AvgIpc) is 3.36. The molecule has 5 rings (SSSR count). The molecule has 0 fully saturated rings. The Morgan fingerprint density at radius 3 is 2.59 bits per heavy atom. The molecule has 2 aromatic carbocycles. The summed E-state index contributed by atoms with van der Waals surface area (Å²) in [4.78, 5) is 14.6. The molecule has 0 bridgehead atoms. The molecule has 0 N–H and O–H groups in total. The zero-order chi connectivity index (χ0) is 18.2. The number of nitrogens with zero attached hydrogens (tertiary/aromatic N) is 2. The van der Waals surface area contributed by atoms with E-state index in [0.29, 0.717) is 18.8 Å². The minimum Gasteiger partial charge on any atom is -0.459 e. The van der Waals surface area contributed by atoms with Crippen LogP contribution < -0.4 is 0 Å². The third kappa shape index (κ3) is 2.74. The van der Waals surface area contributed by atoms with E-state index >= 15 is 0 Å². The fourth-order valence-electron chi connectivity index (χ4n) is 4.08. The number of benzene rings is 2. The number of amides is 1. The number of carbonyl (C=O) groups is 1. The van der Waals surface area contributed by atoms with Crippen molar-refractivity contribution in [1.29, 1.82) is 0 Å². The first-order valence-electron chi connectivity index (χ1n) is 9.27. The number of fused-ring (bicyclic) bond motifs is 3. The maximum atomic E-state index is 12.7. The number of para-hydroxylation sites is 1. The van der Waals surface area contributed by atoms with Gasteiger partial charge < -0.3 is 13.9 Å². The molecule has 4 nitrogen and oxygen atoms in total. The third-order valence-electron chi connectivity index (χ3n) is 5.36. The van der Waals surface area contributed by atoms with Crippen LogP contribution in [0.1, 0.15) is 27.4 Å². The molecule has 0 saturated heterocycles. The van der Waals surface area contributed by atoms with E-state index in [9.17, 15) is 4.79 Å². The largest absolute Gasteiger partial charge is 0.459 e. The van der Waals surface area contributed by atoms with Crippen molar-refractivity contribution in [2.75, 3.05) is 6.54 Å². The fraction of sp³-hybridized carbons (Fsp3) is 0.174. The third-order valence-corrected chi connectivity index (χ3v) is 5.36. The van der Waals surface area contributed by atoms with Crippen LogP contribution in [0.25, 0.3) is 10.9 Å². The average molecular weight is 356 g/mol. The van der Waals surface area contributed by atoms with Crippen LogP contribution in [-0.4, -0.2) is 21.9 Å². The highest BCUT2D eigenvalue weighted by molar-refractivity contribution is 5.93. The molecule has 134 valence electrons. The zero-order valence-electron chi connectivity index (χ0n) is 15.0. The second-order valence-corrected chi connectivity index (χ2v) is 6.97. The van der Waals surface area contributed by atoms with E-state index in [2.05, 4.69) is 53.1 Å². The second-order valence-electron chi connectivity index (χ2n) is 6.97. The Hall–Kier alpha value is -3.27. The SMILES string of the molecule is O=C(c1ccco1)N1CCc2c(c3ccccc3n2Cc2ccccc2)C1. The molecule has 1 aliphatic rings. The number of furan rings is 1. The molecule has 0 spiro atoms. The Morgan fingerprint density at radius 2 is 1.78 bits per heavy atom. The Kier molecular flexibility index (Phi) is 3.82. The van der Waals surface area contributed by atoms with E-state index < -0.39 is 0 Å². The minimum absolute atomic E-state index is 0.0365. The number of hydrogen-bond donors (Lipinski definition) is 0. The van der Waals surface area contributed by atoms with E-state index in [1.807, 2.05) is 11.0 Å². The molecule has 1 amide bonds. The predicted molar refractivity (Wildman–Crippen MR) is 105 cm³/mol. The highest BCUT2D eigenvalue weighted by Crippen LogP contribution is 2.32. The van der Waals surface area contributed by atoms with Gasteiger partial charge in [0.25, 0.3) is 5.91 Å². The van der Waals surface area contributed by atoms with Gasteiger partial charge >= 0.3 is 0 Å². The van der Waals surface area contributed by atoms with Crippen molar-refractivity contribution in [2.45, 2.75) is 19.5 Å². The highest BCUT2D eigenvalue weighted by Gasteiger charge is 2.28. The van der Waals surface area contributed by atoms with Crippen molar-refractivity contribution < 1.29 is 9.21 Å². The molecule has 0 aliphatic carbocycles. The molecule has 3 heterocycles. The molecular formula is C23H20N2O2. The van der Waals surface area contributed by atoms with Crippen LogP contribution in [-0.2, 0) is 19.5 Å². The minimum atomic E-state index is -0.0365. The summed E-state index contributed by atoms with van der Waals surface area (Å²) >= 11 is 0. The first-order chi connectivity index (χ1) is 13.3. The highest BCUT2D eigenvalue weighted by atomic mass is 16.3. The Balaban J connectivity index is 1.55. The van der Waals surface area contributed by atoms with Crippen molar-refractivity contribution in [3.8, 4) is 0 Å². The summed E-state index contributed by atoms with van der Waals surface area (Å²) < 4.78 is 7.72. The van der Waals surface area contributed by atoms with Gasteiger partial charge in [0.05, 0.1) is 6.26 Å². The summed E-state index contributed by atoms with van der Waals surface area (Å²) in [5.41, 5.74) is 5.12. The van der Waals surface area contributed by atoms with Gasteiger partial charge in [0.2, 0.25) is 0 Å². The zero-order valence-corrected chi connectivity index (χ0v) is 15.0. The van der Waals surface area contributed by atoms with E-state index in [4.69, 9.17) is 4.42 Å². The summed E-state index contributed by atoms with van der Waals surface area (Å²) in [5, 5.41) is 1.24. The Labute approximate surface area is 157 Å². The van der Waals surface area contributed by atoms with Crippen LogP contribution in [0.15, 0.2) is 77.4 Å². The number of rotatable bonds is 3. The molecule has 1 aliphatic heterocycles. The first kappa shape index (κ1) is 15.9. The molecule has 0 atom stereocenters. The van der Waals surface area contributed by atoms with Gasteiger partial charge in [-0.25, -0.2) is 0 Å². The van der Waals surface area contributed by atoms with E-state index in [1.165, 1.54) is 27.7 Å².